The fourth-order valence-electron chi connectivity index (χ4n) is 1.25. The van der Waals surface area contributed by atoms with Gasteiger partial charge in [-0.05, 0) is 25.5 Å². The average molecular weight is 148 g/mol. The van der Waals surface area contributed by atoms with Crippen LogP contribution in [0.15, 0.2) is 18.2 Å². The first kappa shape index (κ1) is 6.65. The molecule has 0 amide bonds. The van der Waals surface area contributed by atoms with Crippen LogP contribution in [-0.4, -0.2) is 18.1 Å². The van der Waals surface area contributed by atoms with Crippen LogP contribution in [0, 0.1) is 6.92 Å². The summed E-state index contributed by atoms with van der Waals surface area (Å²) in [4.78, 5) is 6.72. The predicted octanol–water partition coefficient (Wildman–Crippen LogP) is 1.60. The van der Waals surface area contributed by atoms with Crippen molar-refractivity contribution in [3.63, 3.8) is 0 Å². The Morgan fingerprint density at radius 2 is 2.18 bits per heavy atom. The van der Waals surface area contributed by atoms with Crippen LogP contribution in [0.2, 0.25) is 0 Å². The number of rotatable bonds is 1. The van der Waals surface area contributed by atoms with Gasteiger partial charge in [0.25, 0.3) is 0 Å². The number of aryl methyl sites for hydroxylation is 1. The van der Waals surface area contributed by atoms with Crippen molar-refractivity contribution in [2.45, 2.75) is 13.3 Å². The molecule has 2 nitrogen and oxygen atoms in total. The maximum atomic E-state index is 4.42. The van der Waals surface area contributed by atoms with Gasteiger partial charge in [-0.15, -0.1) is 0 Å². The predicted molar refractivity (Wildman–Crippen MR) is 45.8 cm³/mol. The molecular formula is C9H12N2. The molecule has 1 aliphatic rings. The maximum Gasteiger partial charge on any atom is 0.128 e. The van der Waals surface area contributed by atoms with Gasteiger partial charge in [0.1, 0.15) is 5.82 Å². The maximum absolute atomic E-state index is 4.42. The number of hydrogen-bond donors (Lipinski definition) is 0. The van der Waals surface area contributed by atoms with Gasteiger partial charge in [0, 0.05) is 18.8 Å². The van der Waals surface area contributed by atoms with E-state index in [1.165, 1.54) is 19.5 Å². The molecule has 2 heterocycles. The van der Waals surface area contributed by atoms with Gasteiger partial charge in [-0.1, -0.05) is 6.07 Å². The molecule has 0 spiro atoms. The van der Waals surface area contributed by atoms with Gasteiger partial charge in [-0.25, -0.2) is 4.98 Å². The first-order chi connectivity index (χ1) is 5.36. The number of aromatic nitrogens is 1. The van der Waals surface area contributed by atoms with Crippen LogP contribution in [0.4, 0.5) is 5.82 Å². The molecule has 0 N–H and O–H groups in total. The summed E-state index contributed by atoms with van der Waals surface area (Å²) in [5, 5.41) is 0. The van der Waals surface area contributed by atoms with Gasteiger partial charge in [-0.2, -0.15) is 0 Å². The van der Waals surface area contributed by atoms with E-state index in [-0.39, 0.29) is 0 Å². The Kier molecular flexibility index (Phi) is 1.53. The zero-order chi connectivity index (χ0) is 7.68. The molecule has 11 heavy (non-hydrogen) atoms. The second-order valence-electron chi connectivity index (χ2n) is 2.98. The summed E-state index contributed by atoms with van der Waals surface area (Å²) < 4.78 is 0. The highest BCUT2D eigenvalue weighted by molar-refractivity contribution is 5.41. The molecule has 58 valence electrons. The first-order valence-electron chi connectivity index (χ1n) is 4.05. The van der Waals surface area contributed by atoms with Gasteiger partial charge < -0.3 is 4.90 Å². The van der Waals surface area contributed by atoms with Crippen molar-refractivity contribution in [1.82, 2.24) is 4.98 Å². The summed E-state index contributed by atoms with van der Waals surface area (Å²) in [5.41, 5.74) is 1.11. The number of anilines is 1. The minimum atomic E-state index is 1.11. The molecule has 2 heteroatoms. The van der Waals surface area contributed by atoms with E-state index in [2.05, 4.69) is 22.0 Å². The summed E-state index contributed by atoms with van der Waals surface area (Å²) >= 11 is 0. The zero-order valence-corrected chi connectivity index (χ0v) is 6.75. The Morgan fingerprint density at radius 1 is 1.36 bits per heavy atom. The summed E-state index contributed by atoms with van der Waals surface area (Å²) in [6.07, 6.45) is 1.32. The van der Waals surface area contributed by atoms with Crippen LogP contribution in [0.25, 0.3) is 0 Å². The summed E-state index contributed by atoms with van der Waals surface area (Å²) in [6, 6.07) is 6.17. The standard InChI is InChI=1S/C9H12N2/c1-8-4-2-5-9(10-8)11-6-3-7-11/h2,4-5H,3,6-7H2,1H3. The first-order valence-corrected chi connectivity index (χ1v) is 4.05. The van der Waals surface area contributed by atoms with E-state index in [1.54, 1.807) is 0 Å². The monoisotopic (exact) mass is 148 g/mol. The lowest BCUT2D eigenvalue weighted by atomic mass is 10.2. The molecule has 0 unspecified atom stereocenters. The van der Waals surface area contributed by atoms with Crippen molar-refractivity contribution in [2.24, 2.45) is 0 Å². The van der Waals surface area contributed by atoms with Crippen LogP contribution in [-0.2, 0) is 0 Å². The SMILES string of the molecule is Cc1cccc(N2CCC2)n1. The Morgan fingerprint density at radius 3 is 2.73 bits per heavy atom. The molecule has 0 saturated carbocycles. The Labute approximate surface area is 66.9 Å². The van der Waals surface area contributed by atoms with Crippen molar-refractivity contribution in [2.75, 3.05) is 18.0 Å². The Hall–Kier alpha value is -1.05. The molecule has 1 aromatic rings. The topological polar surface area (TPSA) is 16.1 Å². The van der Waals surface area contributed by atoms with Gasteiger partial charge >= 0.3 is 0 Å². The van der Waals surface area contributed by atoms with Gasteiger partial charge in [0.05, 0.1) is 0 Å². The fourth-order valence-corrected chi connectivity index (χ4v) is 1.25. The highest BCUT2D eigenvalue weighted by Crippen LogP contribution is 2.17. The van der Waals surface area contributed by atoms with E-state index in [0.29, 0.717) is 0 Å². The van der Waals surface area contributed by atoms with Crippen molar-refractivity contribution in [3.8, 4) is 0 Å². The van der Waals surface area contributed by atoms with Crippen molar-refractivity contribution in [1.29, 1.82) is 0 Å². The summed E-state index contributed by atoms with van der Waals surface area (Å²) in [6.45, 7) is 4.39. The third kappa shape index (κ3) is 1.20. The molecule has 2 rings (SSSR count). The van der Waals surface area contributed by atoms with Crippen molar-refractivity contribution < 1.29 is 0 Å². The van der Waals surface area contributed by atoms with Crippen molar-refractivity contribution >= 4 is 5.82 Å². The number of hydrogen-bond acceptors (Lipinski definition) is 2. The van der Waals surface area contributed by atoms with Gasteiger partial charge in [-0.3, -0.25) is 0 Å². The molecule has 1 fully saturated rings. The molecule has 0 aliphatic carbocycles. The third-order valence-electron chi connectivity index (χ3n) is 2.05. The molecule has 1 aromatic heterocycles. The number of pyridine rings is 1. The smallest absolute Gasteiger partial charge is 0.128 e. The van der Waals surface area contributed by atoms with Crippen molar-refractivity contribution in [3.05, 3.63) is 23.9 Å². The molecule has 0 radical (unpaired) electrons. The molecule has 0 aromatic carbocycles. The second-order valence-corrected chi connectivity index (χ2v) is 2.98. The Bertz CT molecular complexity index is 253. The van der Waals surface area contributed by atoms with E-state index in [4.69, 9.17) is 0 Å². The molecule has 0 atom stereocenters. The van der Waals surface area contributed by atoms with Crippen LogP contribution in [0.1, 0.15) is 12.1 Å². The van der Waals surface area contributed by atoms with E-state index in [1.807, 2.05) is 13.0 Å². The third-order valence-corrected chi connectivity index (χ3v) is 2.05. The van der Waals surface area contributed by atoms with E-state index in [9.17, 15) is 0 Å². The van der Waals surface area contributed by atoms with Crippen LogP contribution < -0.4 is 4.90 Å². The lowest BCUT2D eigenvalue weighted by Gasteiger charge is -2.32. The van der Waals surface area contributed by atoms with Crippen LogP contribution >= 0.6 is 0 Å². The second kappa shape index (κ2) is 2.53. The normalized spacial score (nSPS) is 16.3. The Balaban J connectivity index is 2.23. The van der Waals surface area contributed by atoms with Crippen LogP contribution in [0.5, 0.6) is 0 Å². The molecule has 0 bridgehead atoms. The highest BCUT2D eigenvalue weighted by atomic mass is 15.2. The van der Waals surface area contributed by atoms with E-state index >= 15 is 0 Å². The number of nitrogens with zero attached hydrogens (tertiary/aromatic N) is 2. The van der Waals surface area contributed by atoms with Gasteiger partial charge in [0.2, 0.25) is 0 Å². The zero-order valence-electron chi connectivity index (χ0n) is 6.75. The van der Waals surface area contributed by atoms with E-state index in [0.717, 1.165) is 11.5 Å². The van der Waals surface area contributed by atoms with Crippen LogP contribution in [0.3, 0.4) is 0 Å². The molecular weight excluding hydrogens is 136 g/mol. The minimum absolute atomic E-state index is 1.11. The minimum Gasteiger partial charge on any atom is -0.356 e. The van der Waals surface area contributed by atoms with E-state index < -0.39 is 0 Å². The lowest BCUT2D eigenvalue weighted by Crippen LogP contribution is -2.37. The summed E-state index contributed by atoms with van der Waals surface area (Å²) in [7, 11) is 0. The summed E-state index contributed by atoms with van der Waals surface area (Å²) in [5.74, 6) is 1.14. The van der Waals surface area contributed by atoms with Gasteiger partial charge in [0.15, 0.2) is 0 Å². The highest BCUT2D eigenvalue weighted by Gasteiger charge is 2.14. The lowest BCUT2D eigenvalue weighted by molar-refractivity contribution is 0.609. The quantitative estimate of drug-likeness (QED) is 0.601. The fraction of sp³-hybridized carbons (Fsp3) is 0.444. The molecule has 1 saturated heterocycles. The largest absolute Gasteiger partial charge is 0.356 e. The molecule has 1 aliphatic heterocycles. The average Bonchev–Trinajstić information content (AvgIpc) is 1.83.